The number of ether oxygens (including phenoxy) is 2. The molecule has 5 heteroatoms. The minimum absolute atomic E-state index is 0.0347. The normalized spacial score (nSPS) is 14.9. The van der Waals surface area contributed by atoms with Crippen LogP contribution in [0.25, 0.3) is 6.08 Å². The molecule has 1 amide bonds. The van der Waals surface area contributed by atoms with E-state index < -0.39 is 0 Å². The maximum atomic E-state index is 12.1. The summed E-state index contributed by atoms with van der Waals surface area (Å²) in [5.74, 6) is 1.33. The highest BCUT2D eigenvalue weighted by molar-refractivity contribution is 5.92. The van der Waals surface area contributed by atoms with Gasteiger partial charge in [-0.25, -0.2) is 0 Å². The van der Waals surface area contributed by atoms with Gasteiger partial charge in [0.2, 0.25) is 5.91 Å². The fraction of sp³-hybridized carbons (Fsp3) is 0.353. The lowest BCUT2D eigenvalue weighted by molar-refractivity contribution is -0.126. The first-order valence-electron chi connectivity index (χ1n) is 7.34. The lowest BCUT2D eigenvalue weighted by atomic mass is 10.2. The number of piperazine rings is 1. The minimum atomic E-state index is 0.0347. The molecular weight excluding hydrogens is 280 g/mol. The Balaban J connectivity index is 2.03. The lowest BCUT2D eigenvalue weighted by Crippen LogP contribution is -2.45. The van der Waals surface area contributed by atoms with E-state index in [9.17, 15) is 4.79 Å². The van der Waals surface area contributed by atoms with Crippen molar-refractivity contribution in [3.63, 3.8) is 0 Å². The van der Waals surface area contributed by atoms with Crippen LogP contribution in [0.4, 0.5) is 0 Å². The summed E-state index contributed by atoms with van der Waals surface area (Å²) in [7, 11) is 1.59. The van der Waals surface area contributed by atoms with E-state index in [1.807, 2.05) is 23.1 Å². The lowest BCUT2D eigenvalue weighted by Gasteiger charge is -2.26. The number of rotatable bonds is 6. The second kappa shape index (κ2) is 8.24. The van der Waals surface area contributed by atoms with Gasteiger partial charge in [-0.15, -0.1) is 0 Å². The summed E-state index contributed by atoms with van der Waals surface area (Å²) < 4.78 is 10.8. The molecule has 1 aromatic rings. The van der Waals surface area contributed by atoms with Gasteiger partial charge in [0.05, 0.1) is 7.11 Å². The van der Waals surface area contributed by atoms with E-state index >= 15 is 0 Å². The van der Waals surface area contributed by atoms with Crippen LogP contribution in [0.3, 0.4) is 0 Å². The van der Waals surface area contributed by atoms with Crippen LogP contribution in [0.15, 0.2) is 36.9 Å². The van der Waals surface area contributed by atoms with Gasteiger partial charge in [-0.1, -0.05) is 18.7 Å². The molecule has 0 saturated carbocycles. The van der Waals surface area contributed by atoms with E-state index in [1.165, 1.54) is 0 Å². The zero-order valence-corrected chi connectivity index (χ0v) is 12.9. The second-order valence-corrected chi connectivity index (χ2v) is 4.92. The highest BCUT2D eigenvalue weighted by Gasteiger charge is 2.13. The number of carbonyl (C=O) groups is 1. The molecule has 0 spiro atoms. The SMILES string of the molecule is C=CCOc1ccc(/C=C/C(=O)N2CCNCC2)cc1OC. The number of carbonyl (C=O) groups excluding carboxylic acids is 1. The van der Waals surface area contributed by atoms with E-state index in [2.05, 4.69) is 11.9 Å². The Kier molecular flexibility index (Phi) is 6.03. The maximum absolute atomic E-state index is 12.1. The van der Waals surface area contributed by atoms with Crippen molar-refractivity contribution in [2.24, 2.45) is 0 Å². The molecule has 0 atom stereocenters. The quantitative estimate of drug-likeness (QED) is 0.642. The van der Waals surface area contributed by atoms with E-state index in [1.54, 1.807) is 25.3 Å². The molecular formula is C17H22N2O3. The van der Waals surface area contributed by atoms with Gasteiger partial charge in [-0.05, 0) is 23.8 Å². The Hall–Kier alpha value is -2.27. The van der Waals surface area contributed by atoms with Crippen molar-refractivity contribution in [2.45, 2.75) is 0 Å². The predicted molar refractivity (Wildman–Crippen MR) is 87.2 cm³/mol. The first-order chi connectivity index (χ1) is 10.7. The molecule has 2 rings (SSSR count). The van der Waals surface area contributed by atoms with Crippen LogP contribution in [0, 0.1) is 0 Å². The zero-order chi connectivity index (χ0) is 15.8. The van der Waals surface area contributed by atoms with Crippen LogP contribution in [0.1, 0.15) is 5.56 Å². The standard InChI is InChI=1S/C17H22N2O3/c1-3-12-22-15-6-4-14(13-16(15)21-2)5-7-17(20)19-10-8-18-9-11-19/h3-7,13,18H,1,8-12H2,2H3/b7-5+. The Bertz CT molecular complexity index is 549. The van der Waals surface area contributed by atoms with Crippen LogP contribution < -0.4 is 14.8 Å². The Morgan fingerprint density at radius 2 is 2.14 bits per heavy atom. The van der Waals surface area contributed by atoms with Gasteiger partial charge in [-0.2, -0.15) is 0 Å². The fourth-order valence-electron chi connectivity index (χ4n) is 2.21. The van der Waals surface area contributed by atoms with Crippen LogP contribution >= 0.6 is 0 Å². The molecule has 1 aliphatic heterocycles. The number of hydrogen-bond donors (Lipinski definition) is 1. The van der Waals surface area contributed by atoms with E-state index in [0.717, 1.165) is 31.7 Å². The number of nitrogens with one attached hydrogen (secondary N) is 1. The summed E-state index contributed by atoms with van der Waals surface area (Å²) in [5, 5.41) is 3.23. The van der Waals surface area contributed by atoms with Crippen LogP contribution in [-0.4, -0.2) is 50.7 Å². The third-order valence-electron chi connectivity index (χ3n) is 3.39. The van der Waals surface area contributed by atoms with Crippen LogP contribution in [-0.2, 0) is 4.79 Å². The first kappa shape index (κ1) is 16.1. The van der Waals surface area contributed by atoms with Crippen molar-refractivity contribution in [3.8, 4) is 11.5 Å². The minimum Gasteiger partial charge on any atom is -0.493 e. The molecule has 0 unspecified atom stereocenters. The molecule has 1 N–H and O–H groups in total. The summed E-state index contributed by atoms with van der Waals surface area (Å²) in [6.07, 6.45) is 5.08. The molecule has 22 heavy (non-hydrogen) atoms. The molecule has 0 aromatic heterocycles. The van der Waals surface area contributed by atoms with E-state index in [-0.39, 0.29) is 5.91 Å². The summed E-state index contributed by atoms with van der Waals surface area (Å²) >= 11 is 0. The van der Waals surface area contributed by atoms with Crippen molar-refractivity contribution in [1.82, 2.24) is 10.2 Å². The number of amides is 1. The average molecular weight is 302 g/mol. The Morgan fingerprint density at radius 3 is 2.82 bits per heavy atom. The van der Waals surface area contributed by atoms with Gasteiger partial charge in [0, 0.05) is 32.3 Å². The molecule has 118 valence electrons. The predicted octanol–water partition coefficient (Wildman–Crippen LogP) is 1.70. The third kappa shape index (κ3) is 4.36. The van der Waals surface area contributed by atoms with Gasteiger partial charge in [-0.3, -0.25) is 4.79 Å². The number of hydrogen-bond acceptors (Lipinski definition) is 4. The smallest absolute Gasteiger partial charge is 0.246 e. The topological polar surface area (TPSA) is 50.8 Å². The highest BCUT2D eigenvalue weighted by atomic mass is 16.5. The second-order valence-electron chi connectivity index (χ2n) is 4.92. The van der Waals surface area contributed by atoms with Crippen molar-refractivity contribution < 1.29 is 14.3 Å². The fourth-order valence-corrected chi connectivity index (χ4v) is 2.21. The van der Waals surface area contributed by atoms with Crippen molar-refractivity contribution in [1.29, 1.82) is 0 Å². The van der Waals surface area contributed by atoms with Crippen LogP contribution in [0.2, 0.25) is 0 Å². The van der Waals surface area contributed by atoms with Gasteiger partial charge in [0.15, 0.2) is 11.5 Å². The molecule has 1 aromatic carbocycles. The Labute approximate surface area is 131 Å². The average Bonchev–Trinajstić information content (AvgIpc) is 2.58. The van der Waals surface area contributed by atoms with E-state index in [0.29, 0.717) is 18.1 Å². The summed E-state index contributed by atoms with van der Waals surface area (Å²) in [6, 6.07) is 5.57. The third-order valence-corrected chi connectivity index (χ3v) is 3.39. The summed E-state index contributed by atoms with van der Waals surface area (Å²) in [6.45, 7) is 7.24. The molecule has 1 fully saturated rings. The molecule has 0 radical (unpaired) electrons. The number of benzene rings is 1. The molecule has 0 aliphatic carbocycles. The molecule has 5 nitrogen and oxygen atoms in total. The van der Waals surface area contributed by atoms with Crippen molar-refractivity contribution >= 4 is 12.0 Å². The zero-order valence-electron chi connectivity index (χ0n) is 12.9. The summed E-state index contributed by atoms with van der Waals surface area (Å²) in [4.78, 5) is 13.9. The largest absolute Gasteiger partial charge is 0.493 e. The van der Waals surface area contributed by atoms with Gasteiger partial charge in [0.25, 0.3) is 0 Å². The summed E-state index contributed by atoms with van der Waals surface area (Å²) in [5.41, 5.74) is 0.895. The Morgan fingerprint density at radius 1 is 1.36 bits per heavy atom. The first-order valence-corrected chi connectivity index (χ1v) is 7.34. The maximum Gasteiger partial charge on any atom is 0.246 e. The van der Waals surface area contributed by atoms with E-state index in [4.69, 9.17) is 9.47 Å². The van der Waals surface area contributed by atoms with Crippen molar-refractivity contribution in [3.05, 3.63) is 42.5 Å². The number of methoxy groups -OCH3 is 1. The molecule has 0 bridgehead atoms. The van der Waals surface area contributed by atoms with Gasteiger partial charge >= 0.3 is 0 Å². The van der Waals surface area contributed by atoms with Crippen LogP contribution in [0.5, 0.6) is 11.5 Å². The monoisotopic (exact) mass is 302 g/mol. The molecule has 1 heterocycles. The van der Waals surface area contributed by atoms with Gasteiger partial charge in [0.1, 0.15) is 6.61 Å². The number of nitrogens with zero attached hydrogens (tertiary/aromatic N) is 1. The molecule has 1 aliphatic rings. The van der Waals surface area contributed by atoms with Gasteiger partial charge < -0.3 is 19.7 Å². The highest BCUT2D eigenvalue weighted by Crippen LogP contribution is 2.28. The van der Waals surface area contributed by atoms with Crippen molar-refractivity contribution in [2.75, 3.05) is 39.9 Å². The molecule has 1 saturated heterocycles.